The molecule has 2 rings (SSSR count). The van der Waals surface area contributed by atoms with Gasteiger partial charge < -0.3 is 9.64 Å². The molecule has 0 spiro atoms. The second-order valence-electron chi connectivity index (χ2n) is 6.58. The van der Waals surface area contributed by atoms with Gasteiger partial charge in [-0.25, -0.2) is 9.63 Å². The van der Waals surface area contributed by atoms with Gasteiger partial charge >= 0.3 is 6.09 Å². The molecule has 1 aromatic rings. The third kappa shape index (κ3) is 5.45. The van der Waals surface area contributed by atoms with Crippen LogP contribution in [0, 0.1) is 12.8 Å². The van der Waals surface area contributed by atoms with E-state index in [1.807, 2.05) is 20.8 Å². The van der Waals surface area contributed by atoms with Crippen LogP contribution in [-0.4, -0.2) is 44.8 Å². The highest BCUT2D eigenvalue weighted by atomic mass is 32.2. The van der Waals surface area contributed by atoms with Crippen molar-refractivity contribution >= 4 is 21.8 Å². The summed E-state index contributed by atoms with van der Waals surface area (Å²) in [5.74, 6) is -0.0387. The molecule has 1 aliphatic rings. The van der Waals surface area contributed by atoms with E-state index >= 15 is 0 Å². The van der Waals surface area contributed by atoms with Gasteiger partial charge in [0.05, 0.1) is 11.5 Å². The van der Waals surface area contributed by atoms with E-state index in [9.17, 15) is 13.2 Å². The van der Waals surface area contributed by atoms with Crippen molar-refractivity contribution in [3.63, 3.8) is 0 Å². The number of aryl methyl sites for hydroxylation is 1. The predicted molar refractivity (Wildman–Crippen MR) is 101 cm³/mol. The number of ether oxygens (including phenoxy) is 1. The Kier molecular flexibility index (Phi) is 7.02. The number of nitrogens with one attached hydrogen (secondary N) is 1. The molecule has 1 heterocycles. The molecule has 1 amide bonds. The van der Waals surface area contributed by atoms with Gasteiger partial charge in [-0.3, -0.25) is 0 Å². The van der Waals surface area contributed by atoms with Gasteiger partial charge in [0.1, 0.15) is 0 Å². The normalized spacial score (nSPS) is 19.4. The van der Waals surface area contributed by atoms with Crippen molar-refractivity contribution in [1.82, 2.24) is 9.73 Å². The lowest BCUT2D eigenvalue weighted by atomic mass is 9.98. The minimum atomic E-state index is -3.69. The number of nitrogens with zero attached hydrogens (tertiary/aromatic N) is 2. The monoisotopic (exact) mass is 381 g/mol. The molecule has 0 aliphatic carbocycles. The number of carbonyl (C=O) groups excluding carboxylic acids is 1. The highest BCUT2D eigenvalue weighted by Gasteiger charge is 2.27. The van der Waals surface area contributed by atoms with Gasteiger partial charge in [-0.15, -0.1) is 0 Å². The quantitative estimate of drug-likeness (QED) is 0.606. The molecule has 7 nitrogen and oxygen atoms in total. The second-order valence-corrected chi connectivity index (χ2v) is 8.24. The lowest BCUT2D eigenvalue weighted by Crippen LogP contribution is -2.44. The number of piperidine rings is 1. The van der Waals surface area contributed by atoms with Gasteiger partial charge in [0.15, 0.2) is 0 Å². The van der Waals surface area contributed by atoms with Crippen LogP contribution in [0.3, 0.4) is 0 Å². The zero-order chi connectivity index (χ0) is 19.2. The predicted octanol–water partition coefficient (Wildman–Crippen LogP) is 2.91. The fourth-order valence-corrected chi connectivity index (χ4v) is 3.48. The molecule has 0 radical (unpaired) electrons. The first-order valence-corrected chi connectivity index (χ1v) is 10.4. The maximum atomic E-state index is 12.3. The lowest BCUT2D eigenvalue weighted by Gasteiger charge is -2.31. The molecule has 144 valence electrons. The zero-order valence-corrected chi connectivity index (χ0v) is 16.4. The molecule has 8 heteroatoms. The Balaban J connectivity index is 1.94. The number of hydrazone groups is 1. The summed E-state index contributed by atoms with van der Waals surface area (Å²) in [6.45, 7) is 7.22. The van der Waals surface area contributed by atoms with E-state index in [1.165, 1.54) is 0 Å². The highest BCUT2D eigenvalue weighted by molar-refractivity contribution is 7.89. The van der Waals surface area contributed by atoms with Crippen molar-refractivity contribution in [2.45, 2.75) is 44.9 Å². The third-order valence-corrected chi connectivity index (χ3v) is 5.55. The number of benzene rings is 1. The van der Waals surface area contributed by atoms with Crippen LogP contribution in [0.15, 0.2) is 34.3 Å². The van der Waals surface area contributed by atoms with Gasteiger partial charge in [0.2, 0.25) is 0 Å². The summed E-state index contributed by atoms with van der Waals surface area (Å²) < 4.78 is 29.8. The Morgan fingerprint density at radius 1 is 1.35 bits per heavy atom. The summed E-state index contributed by atoms with van der Waals surface area (Å²) in [7, 11) is -3.69. The van der Waals surface area contributed by atoms with Crippen LogP contribution in [0.4, 0.5) is 4.79 Å². The average molecular weight is 381 g/mol. The summed E-state index contributed by atoms with van der Waals surface area (Å²) >= 11 is 0. The average Bonchev–Trinajstić information content (AvgIpc) is 2.61. The van der Waals surface area contributed by atoms with Crippen molar-refractivity contribution in [1.29, 1.82) is 0 Å². The molecule has 1 N–H and O–H groups in total. The van der Waals surface area contributed by atoms with E-state index < -0.39 is 10.0 Å². The van der Waals surface area contributed by atoms with Crippen LogP contribution in [0.25, 0.3) is 0 Å². The van der Waals surface area contributed by atoms with Crippen LogP contribution in [0.2, 0.25) is 0 Å². The molecule has 1 aromatic carbocycles. The first-order chi connectivity index (χ1) is 12.3. The molecule has 1 saturated heterocycles. The summed E-state index contributed by atoms with van der Waals surface area (Å²) in [6, 6.07) is 6.59. The van der Waals surface area contributed by atoms with Crippen molar-refractivity contribution in [3.05, 3.63) is 29.8 Å². The number of likely N-dealkylation sites (tertiary alicyclic amines) is 1. The molecular formula is C18H27N3O4S. The van der Waals surface area contributed by atoms with Crippen LogP contribution < -0.4 is 4.83 Å². The standard InChI is InChI=1S/C18H27N3O4S/c1-4-5-12-25-18(22)21-11-10-17(15(3)13-21)19-20-26(23,24)16-8-6-14(2)7-9-16/h6-9,15,20H,4-5,10-13H2,1-3H3. The number of hydrogen-bond acceptors (Lipinski definition) is 5. The smallest absolute Gasteiger partial charge is 0.409 e. The van der Waals surface area contributed by atoms with Gasteiger partial charge in [0, 0.05) is 31.1 Å². The van der Waals surface area contributed by atoms with E-state index in [1.54, 1.807) is 29.2 Å². The molecule has 26 heavy (non-hydrogen) atoms. The van der Waals surface area contributed by atoms with Gasteiger partial charge in [-0.1, -0.05) is 38.0 Å². The largest absolute Gasteiger partial charge is 0.449 e. The number of rotatable bonds is 6. The Morgan fingerprint density at radius 3 is 2.65 bits per heavy atom. The molecule has 0 aromatic heterocycles. The number of hydrogen-bond donors (Lipinski definition) is 1. The Labute approximate surface area is 155 Å². The Morgan fingerprint density at radius 2 is 2.04 bits per heavy atom. The summed E-state index contributed by atoms with van der Waals surface area (Å²) in [5.41, 5.74) is 1.72. The first kappa shape index (κ1) is 20.2. The fraction of sp³-hybridized carbons (Fsp3) is 0.556. The van der Waals surface area contributed by atoms with E-state index in [0.717, 1.165) is 24.1 Å². The summed E-state index contributed by atoms with van der Waals surface area (Å²) in [4.78, 5) is 16.1. The molecular weight excluding hydrogens is 354 g/mol. The Hall–Kier alpha value is -2.09. The minimum absolute atomic E-state index is 0.0387. The van der Waals surface area contributed by atoms with Crippen LogP contribution in [0.5, 0.6) is 0 Å². The van der Waals surface area contributed by atoms with Crippen molar-refractivity contribution in [2.75, 3.05) is 19.7 Å². The van der Waals surface area contributed by atoms with E-state index in [2.05, 4.69) is 9.93 Å². The minimum Gasteiger partial charge on any atom is -0.449 e. The van der Waals surface area contributed by atoms with Crippen molar-refractivity contribution < 1.29 is 17.9 Å². The maximum Gasteiger partial charge on any atom is 0.409 e. The van der Waals surface area contributed by atoms with E-state index in [0.29, 0.717) is 26.1 Å². The number of carbonyl (C=O) groups is 1. The van der Waals surface area contributed by atoms with Crippen LogP contribution >= 0.6 is 0 Å². The molecule has 1 fully saturated rings. The molecule has 1 atom stereocenters. The van der Waals surface area contributed by atoms with Crippen molar-refractivity contribution in [2.24, 2.45) is 11.0 Å². The molecule has 0 saturated carbocycles. The third-order valence-electron chi connectivity index (χ3n) is 4.32. The van der Waals surface area contributed by atoms with E-state index in [4.69, 9.17) is 4.74 Å². The van der Waals surface area contributed by atoms with Crippen molar-refractivity contribution in [3.8, 4) is 0 Å². The summed E-state index contributed by atoms with van der Waals surface area (Å²) in [6.07, 6.45) is 2.02. The second kappa shape index (κ2) is 9.02. The van der Waals surface area contributed by atoms with E-state index in [-0.39, 0.29) is 16.9 Å². The SMILES string of the molecule is CCCCOC(=O)N1CCC(=NNS(=O)(=O)c2ccc(C)cc2)C(C)C1. The first-order valence-electron chi connectivity index (χ1n) is 8.90. The van der Waals surface area contributed by atoms with Gasteiger partial charge in [-0.05, 0) is 25.5 Å². The highest BCUT2D eigenvalue weighted by Crippen LogP contribution is 2.16. The molecule has 0 bridgehead atoms. The number of amides is 1. The topological polar surface area (TPSA) is 88.1 Å². The zero-order valence-electron chi connectivity index (χ0n) is 15.6. The van der Waals surface area contributed by atoms with Gasteiger partial charge in [0.25, 0.3) is 10.0 Å². The molecule has 1 unspecified atom stereocenters. The van der Waals surface area contributed by atoms with Crippen LogP contribution in [-0.2, 0) is 14.8 Å². The lowest BCUT2D eigenvalue weighted by molar-refractivity contribution is 0.0966. The van der Waals surface area contributed by atoms with Crippen LogP contribution in [0.1, 0.15) is 38.7 Å². The fourth-order valence-electron chi connectivity index (χ4n) is 2.64. The van der Waals surface area contributed by atoms with Gasteiger partial charge in [-0.2, -0.15) is 13.5 Å². The Bertz CT molecular complexity index is 744. The number of unbranched alkanes of at least 4 members (excludes halogenated alkanes) is 1. The summed E-state index contributed by atoms with van der Waals surface area (Å²) in [5, 5.41) is 4.10. The maximum absolute atomic E-state index is 12.3. The molecule has 1 aliphatic heterocycles. The number of sulfonamides is 1.